The second kappa shape index (κ2) is 7.50. The lowest BCUT2D eigenvalue weighted by Gasteiger charge is -2.21. The van der Waals surface area contributed by atoms with Crippen LogP contribution in [0.2, 0.25) is 0 Å². The van der Waals surface area contributed by atoms with Crippen molar-refractivity contribution in [3.63, 3.8) is 0 Å². The average Bonchev–Trinajstić information content (AvgIpc) is 3.36. The van der Waals surface area contributed by atoms with Crippen LogP contribution in [-0.4, -0.2) is 40.3 Å². The maximum absolute atomic E-state index is 13.0. The molecule has 2 amide bonds. The molecule has 1 atom stereocenters. The summed E-state index contributed by atoms with van der Waals surface area (Å²) < 4.78 is 1.04. The van der Waals surface area contributed by atoms with Crippen molar-refractivity contribution in [3.05, 3.63) is 66.4 Å². The Morgan fingerprint density at radius 1 is 1.17 bits per heavy atom. The molecule has 1 fully saturated rings. The van der Waals surface area contributed by atoms with Crippen molar-refractivity contribution in [3.8, 4) is 0 Å². The molecule has 3 heterocycles. The van der Waals surface area contributed by atoms with Gasteiger partial charge in [0.1, 0.15) is 0 Å². The van der Waals surface area contributed by atoms with E-state index in [1.807, 2.05) is 48.5 Å². The van der Waals surface area contributed by atoms with Gasteiger partial charge in [0.25, 0.3) is 0 Å². The molecule has 2 aromatic carbocycles. The van der Waals surface area contributed by atoms with Gasteiger partial charge in [-0.15, -0.1) is 0 Å². The highest BCUT2D eigenvalue weighted by Gasteiger charge is 2.37. The van der Waals surface area contributed by atoms with Crippen LogP contribution in [0.5, 0.6) is 0 Å². The summed E-state index contributed by atoms with van der Waals surface area (Å²) in [6.45, 7) is 0.834. The van der Waals surface area contributed by atoms with Gasteiger partial charge in [-0.3, -0.25) is 19.5 Å². The molecule has 1 unspecified atom stereocenters. The minimum Gasteiger partial charge on any atom is -0.341 e. The van der Waals surface area contributed by atoms with E-state index in [-0.39, 0.29) is 24.2 Å². The van der Waals surface area contributed by atoms with Gasteiger partial charge >= 0.3 is 0 Å². The monoisotopic (exact) mass is 416 g/mol. The Labute approximate surface area is 177 Å². The number of rotatable bonds is 4. The molecule has 5 rings (SSSR count). The quantitative estimate of drug-likeness (QED) is 0.507. The zero-order chi connectivity index (χ0) is 20.7. The third kappa shape index (κ3) is 3.41. The Morgan fingerprint density at radius 2 is 1.93 bits per heavy atom. The topological polar surface area (TPSA) is 66.4 Å². The first-order chi connectivity index (χ1) is 14.6. The molecule has 7 heteroatoms. The molecule has 4 aromatic rings. The first kappa shape index (κ1) is 18.7. The lowest BCUT2D eigenvalue weighted by atomic mass is 10.1. The van der Waals surface area contributed by atoms with E-state index in [4.69, 9.17) is 0 Å². The van der Waals surface area contributed by atoms with Gasteiger partial charge in [-0.25, -0.2) is 4.98 Å². The first-order valence-corrected chi connectivity index (χ1v) is 10.6. The molecule has 1 saturated heterocycles. The molecule has 1 aliphatic heterocycles. The maximum Gasteiger partial charge on any atom is 0.229 e. The van der Waals surface area contributed by atoms with Crippen molar-refractivity contribution in [2.75, 3.05) is 18.5 Å². The first-order valence-electron chi connectivity index (χ1n) is 9.83. The third-order valence-electron chi connectivity index (χ3n) is 5.43. The minimum atomic E-state index is -0.358. The van der Waals surface area contributed by atoms with Gasteiger partial charge in [-0.2, -0.15) is 0 Å². The van der Waals surface area contributed by atoms with E-state index in [9.17, 15) is 9.59 Å². The standard InChI is InChI=1S/C23H20N4O2S/c1-26(13-15-10-16-6-2-3-7-18(16)24-12-15)22(29)17-11-21(28)27(14-17)23-25-19-8-4-5-9-20(19)30-23/h2-10,12,17H,11,13-14H2,1H3. The Hall–Kier alpha value is -3.32. The van der Waals surface area contributed by atoms with Crippen molar-refractivity contribution in [2.45, 2.75) is 13.0 Å². The number of fused-ring (bicyclic) bond motifs is 2. The third-order valence-corrected chi connectivity index (χ3v) is 6.49. The second-order valence-corrected chi connectivity index (χ2v) is 8.61. The smallest absolute Gasteiger partial charge is 0.229 e. The number of hydrogen-bond donors (Lipinski definition) is 0. The van der Waals surface area contributed by atoms with Crippen LogP contribution in [0.4, 0.5) is 5.13 Å². The summed E-state index contributed by atoms with van der Waals surface area (Å²) in [5.41, 5.74) is 2.78. The molecule has 1 aliphatic rings. The minimum absolute atomic E-state index is 0.0277. The maximum atomic E-state index is 13.0. The lowest BCUT2D eigenvalue weighted by Crippen LogP contribution is -2.34. The number of thiazole rings is 1. The number of anilines is 1. The SMILES string of the molecule is CN(Cc1cnc2ccccc2c1)C(=O)C1CC(=O)N(c2nc3ccccc3s2)C1. The summed E-state index contributed by atoms with van der Waals surface area (Å²) in [7, 11) is 1.78. The molecule has 2 aromatic heterocycles. The average molecular weight is 417 g/mol. The van der Waals surface area contributed by atoms with Crippen LogP contribution in [-0.2, 0) is 16.1 Å². The van der Waals surface area contributed by atoms with E-state index < -0.39 is 0 Å². The lowest BCUT2D eigenvalue weighted by molar-refractivity contribution is -0.135. The Kier molecular flexibility index (Phi) is 4.67. The number of para-hydroxylation sites is 2. The largest absolute Gasteiger partial charge is 0.341 e. The van der Waals surface area contributed by atoms with Gasteiger partial charge in [-0.05, 0) is 29.8 Å². The van der Waals surface area contributed by atoms with Crippen molar-refractivity contribution >= 4 is 49.4 Å². The van der Waals surface area contributed by atoms with E-state index in [2.05, 4.69) is 16.0 Å². The highest BCUT2D eigenvalue weighted by Crippen LogP contribution is 2.33. The van der Waals surface area contributed by atoms with E-state index in [0.717, 1.165) is 26.7 Å². The molecular weight excluding hydrogens is 396 g/mol. The van der Waals surface area contributed by atoms with Crippen LogP contribution in [0.1, 0.15) is 12.0 Å². The number of nitrogens with zero attached hydrogens (tertiary/aromatic N) is 4. The van der Waals surface area contributed by atoms with Crippen molar-refractivity contribution in [1.29, 1.82) is 0 Å². The number of hydrogen-bond acceptors (Lipinski definition) is 5. The summed E-state index contributed by atoms with van der Waals surface area (Å²) in [5, 5.41) is 1.71. The fraction of sp³-hybridized carbons (Fsp3) is 0.217. The van der Waals surface area contributed by atoms with Crippen molar-refractivity contribution in [1.82, 2.24) is 14.9 Å². The summed E-state index contributed by atoms with van der Waals surface area (Å²) >= 11 is 1.48. The van der Waals surface area contributed by atoms with Crippen LogP contribution in [0.25, 0.3) is 21.1 Å². The molecular formula is C23H20N4O2S. The predicted molar refractivity (Wildman–Crippen MR) is 118 cm³/mol. The second-order valence-electron chi connectivity index (χ2n) is 7.60. The van der Waals surface area contributed by atoms with Crippen LogP contribution in [0, 0.1) is 5.92 Å². The van der Waals surface area contributed by atoms with Crippen LogP contribution < -0.4 is 4.90 Å². The molecule has 0 spiro atoms. The zero-order valence-electron chi connectivity index (χ0n) is 16.5. The fourth-order valence-electron chi connectivity index (χ4n) is 3.90. The number of benzene rings is 2. The molecule has 0 bridgehead atoms. The number of carbonyl (C=O) groups excluding carboxylic acids is 2. The molecule has 0 aliphatic carbocycles. The number of amides is 2. The number of pyridine rings is 1. The molecule has 0 radical (unpaired) electrons. The van der Waals surface area contributed by atoms with Crippen LogP contribution >= 0.6 is 11.3 Å². The van der Waals surface area contributed by atoms with Gasteiger partial charge in [0.15, 0.2) is 5.13 Å². The van der Waals surface area contributed by atoms with Gasteiger partial charge in [0, 0.05) is 38.1 Å². The van der Waals surface area contributed by atoms with Crippen molar-refractivity contribution < 1.29 is 9.59 Å². The molecule has 150 valence electrons. The Morgan fingerprint density at radius 3 is 2.77 bits per heavy atom. The van der Waals surface area contributed by atoms with Crippen molar-refractivity contribution in [2.24, 2.45) is 5.92 Å². The molecule has 6 nitrogen and oxygen atoms in total. The number of carbonyl (C=O) groups is 2. The summed E-state index contributed by atoms with van der Waals surface area (Å²) in [4.78, 5) is 38.0. The predicted octanol–water partition coefficient (Wildman–Crippen LogP) is 3.86. The van der Waals surface area contributed by atoms with Gasteiger partial charge in [0.2, 0.25) is 11.8 Å². The highest BCUT2D eigenvalue weighted by molar-refractivity contribution is 7.22. The fourth-order valence-corrected chi connectivity index (χ4v) is 4.89. The zero-order valence-corrected chi connectivity index (χ0v) is 17.3. The Bertz CT molecular complexity index is 1240. The van der Waals surface area contributed by atoms with E-state index >= 15 is 0 Å². The van der Waals surface area contributed by atoms with Gasteiger partial charge in [-0.1, -0.05) is 41.7 Å². The molecule has 0 N–H and O–H groups in total. The van der Waals surface area contributed by atoms with Gasteiger partial charge < -0.3 is 4.90 Å². The number of aromatic nitrogens is 2. The van der Waals surface area contributed by atoms with E-state index in [0.29, 0.717) is 18.2 Å². The highest BCUT2D eigenvalue weighted by atomic mass is 32.1. The van der Waals surface area contributed by atoms with E-state index in [1.165, 1.54) is 11.3 Å². The van der Waals surface area contributed by atoms with E-state index in [1.54, 1.807) is 23.0 Å². The van der Waals surface area contributed by atoms with Crippen LogP contribution in [0.3, 0.4) is 0 Å². The molecule has 30 heavy (non-hydrogen) atoms. The summed E-state index contributed by atoms with van der Waals surface area (Å²) in [5.74, 6) is -0.434. The summed E-state index contributed by atoms with van der Waals surface area (Å²) in [6, 6.07) is 17.8. The van der Waals surface area contributed by atoms with Crippen LogP contribution in [0.15, 0.2) is 60.8 Å². The Balaban J connectivity index is 1.30. The normalized spacial score (nSPS) is 16.5. The molecule has 0 saturated carbocycles. The van der Waals surface area contributed by atoms with Gasteiger partial charge in [0.05, 0.1) is 21.7 Å². The summed E-state index contributed by atoms with van der Waals surface area (Å²) in [6.07, 6.45) is 2.02.